The smallest absolute Gasteiger partial charge is 0.337 e. The van der Waals surface area contributed by atoms with Crippen LogP contribution in [-0.2, 0) is 9.53 Å². The molecule has 1 aromatic carbocycles. The van der Waals surface area contributed by atoms with Crippen molar-refractivity contribution in [1.29, 1.82) is 0 Å². The average Bonchev–Trinajstić information content (AvgIpc) is 3.39. The number of benzene rings is 1. The van der Waals surface area contributed by atoms with Gasteiger partial charge in [0.15, 0.2) is 0 Å². The van der Waals surface area contributed by atoms with Crippen LogP contribution in [0, 0.1) is 5.92 Å². The van der Waals surface area contributed by atoms with Crippen LogP contribution in [0.2, 0.25) is 5.02 Å². The zero-order chi connectivity index (χ0) is 15.7. The molecule has 1 saturated heterocycles. The van der Waals surface area contributed by atoms with Crippen molar-refractivity contribution in [2.45, 2.75) is 12.8 Å². The fourth-order valence-electron chi connectivity index (χ4n) is 2.76. The number of halogens is 1. The number of nitrogens with zero attached hydrogens (tertiary/aromatic N) is 2. The van der Waals surface area contributed by atoms with Gasteiger partial charge < -0.3 is 14.5 Å². The number of hydrogen-bond acceptors (Lipinski definition) is 4. The molecule has 1 heterocycles. The fourth-order valence-corrected chi connectivity index (χ4v) is 2.99. The lowest BCUT2D eigenvalue weighted by Crippen LogP contribution is -2.49. The minimum Gasteiger partial charge on any atom is -0.465 e. The lowest BCUT2D eigenvalue weighted by molar-refractivity contribution is -0.132. The molecular weight excluding hydrogens is 304 g/mol. The Hall–Kier alpha value is -1.75. The number of hydrogen-bond donors (Lipinski definition) is 0. The lowest BCUT2D eigenvalue weighted by atomic mass is 10.1. The quantitative estimate of drug-likeness (QED) is 0.800. The van der Waals surface area contributed by atoms with E-state index in [1.807, 2.05) is 4.90 Å². The molecule has 0 atom stereocenters. The van der Waals surface area contributed by atoms with Gasteiger partial charge in [-0.3, -0.25) is 4.79 Å². The Morgan fingerprint density at radius 1 is 1.18 bits per heavy atom. The van der Waals surface area contributed by atoms with Crippen LogP contribution in [0.1, 0.15) is 23.2 Å². The lowest BCUT2D eigenvalue weighted by Gasteiger charge is -2.36. The zero-order valence-electron chi connectivity index (χ0n) is 12.5. The summed E-state index contributed by atoms with van der Waals surface area (Å²) in [6.07, 6.45) is 2.07. The molecule has 118 valence electrons. The highest BCUT2D eigenvalue weighted by molar-refractivity contribution is 6.33. The number of esters is 1. The summed E-state index contributed by atoms with van der Waals surface area (Å²) >= 11 is 6.26. The molecule has 1 amide bonds. The molecule has 6 heteroatoms. The Balaban J connectivity index is 1.70. The van der Waals surface area contributed by atoms with E-state index < -0.39 is 0 Å². The highest BCUT2D eigenvalue weighted by Gasteiger charge is 2.34. The van der Waals surface area contributed by atoms with Crippen LogP contribution in [0.4, 0.5) is 5.69 Å². The van der Waals surface area contributed by atoms with Gasteiger partial charge in [-0.25, -0.2) is 4.79 Å². The standard InChI is InChI=1S/C16H19ClN2O3/c1-22-16(21)12-4-5-13(17)14(10-12)18-6-8-19(9-7-18)15(20)11-2-3-11/h4-5,10-11H,2-3,6-9H2,1H3. The maximum atomic E-state index is 12.1. The third-order valence-corrected chi connectivity index (χ3v) is 4.55. The van der Waals surface area contributed by atoms with Crippen molar-refractivity contribution in [2.75, 3.05) is 38.2 Å². The van der Waals surface area contributed by atoms with Gasteiger partial charge in [-0.2, -0.15) is 0 Å². The predicted molar refractivity (Wildman–Crippen MR) is 84.3 cm³/mol. The third-order valence-electron chi connectivity index (χ3n) is 4.23. The first-order chi connectivity index (χ1) is 10.6. The highest BCUT2D eigenvalue weighted by Crippen LogP contribution is 2.32. The second kappa shape index (κ2) is 6.16. The van der Waals surface area contributed by atoms with Gasteiger partial charge in [0.25, 0.3) is 0 Å². The van der Waals surface area contributed by atoms with Crippen LogP contribution in [0.3, 0.4) is 0 Å². The van der Waals surface area contributed by atoms with Gasteiger partial charge in [0.05, 0.1) is 23.4 Å². The number of amides is 1. The summed E-state index contributed by atoms with van der Waals surface area (Å²) in [5.41, 5.74) is 1.31. The second-order valence-corrected chi connectivity index (χ2v) is 6.15. The summed E-state index contributed by atoms with van der Waals surface area (Å²) < 4.78 is 4.75. The van der Waals surface area contributed by atoms with E-state index in [2.05, 4.69) is 4.90 Å². The highest BCUT2D eigenvalue weighted by atomic mass is 35.5. The monoisotopic (exact) mass is 322 g/mol. The Labute approximate surface area is 134 Å². The van der Waals surface area contributed by atoms with Crippen molar-refractivity contribution >= 4 is 29.2 Å². The number of piperazine rings is 1. The van der Waals surface area contributed by atoms with E-state index in [0.29, 0.717) is 23.7 Å². The van der Waals surface area contributed by atoms with Crippen LogP contribution in [0.25, 0.3) is 0 Å². The largest absolute Gasteiger partial charge is 0.465 e. The predicted octanol–water partition coefficient (Wildman–Crippen LogP) is 2.19. The molecule has 3 rings (SSSR count). The minimum absolute atomic E-state index is 0.262. The van der Waals surface area contributed by atoms with Crippen LogP contribution in [0.5, 0.6) is 0 Å². The molecule has 0 spiro atoms. The maximum Gasteiger partial charge on any atom is 0.337 e. The van der Waals surface area contributed by atoms with Crippen molar-refractivity contribution in [1.82, 2.24) is 4.90 Å². The van der Waals surface area contributed by atoms with Crippen molar-refractivity contribution in [3.63, 3.8) is 0 Å². The molecule has 0 N–H and O–H groups in total. The van der Waals surface area contributed by atoms with E-state index in [9.17, 15) is 9.59 Å². The molecule has 0 bridgehead atoms. The van der Waals surface area contributed by atoms with E-state index in [1.165, 1.54) is 7.11 Å². The maximum absolute atomic E-state index is 12.1. The van der Waals surface area contributed by atoms with E-state index in [0.717, 1.165) is 31.6 Å². The molecule has 1 aliphatic heterocycles. The Bertz CT molecular complexity index is 593. The van der Waals surface area contributed by atoms with Crippen molar-refractivity contribution in [2.24, 2.45) is 5.92 Å². The van der Waals surface area contributed by atoms with Gasteiger partial charge >= 0.3 is 5.97 Å². The minimum atomic E-state index is -0.375. The summed E-state index contributed by atoms with van der Waals surface area (Å²) in [5.74, 6) is 0.173. The second-order valence-electron chi connectivity index (χ2n) is 5.74. The van der Waals surface area contributed by atoms with Gasteiger partial charge in [0.1, 0.15) is 0 Å². The van der Waals surface area contributed by atoms with Crippen LogP contribution >= 0.6 is 11.6 Å². The first kappa shape index (κ1) is 15.2. The first-order valence-electron chi connectivity index (χ1n) is 7.51. The summed E-state index contributed by atoms with van der Waals surface area (Å²) in [7, 11) is 1.36. The van der Waals surface area contributed by atoms with Gasteiger partial charge in [-0.05, 0) is 31.0 Å². The molecule has 0 aromatic heterocycles. The van der Waals surface area contributed by atoms with Crippen molar-refractivity contribution in [3.8, 4) is 0 Å². The summed E-state index contributed by atoms with van der Waals surface area (Å²) in [4.78, 5) is 27.8. The van der Waals surface area contributed by atoms with Crippen LogP contribution in [0.15, 0.2) is 18.2 Å². The number of carbonyl (C=O) groups excluding carboxylic acids is 2. The van der Waals surface area contributed by atoms with E-state index in [4.69, 9.17) is 16.3 Å². The van der Waals surface area contributed by atoms with Crippen LogP contribution < -0.4 is 4.90 Å². The molecule has 1 aliphatic carbocycles. The Morgan fingerprint density at radius 3 is 2.45 bits per heavy atom. The molecule has 2 aliphatic rings. The van der Waals surface area contributed by atoms with E-state index in [1.54, 1.807) is 18.2 Å². The van der Waals surface area contributed by atoms with Gasteiger partial charge in [0, 0.05) is 32.1 Å². The third kappa shape index (κ3) is 3.04. The van der Waals surface area contributed by atoms with Crippen molar-refractivity contribution < 1.29 is 14.3 Å². The summed E-state index contributed by atoms with van der Waals surface area (Å²) in [6, 6.07) is 5.13. The number of anilines is 1. The zero-order valence-corrected chi connectivity index (χ0v) is 13.3. The fraction of sp³-hybridized carbons (Fsp3) is 0.500. The Morgan fingerprint density at radius 2 is 1.86 bits per heavy atom. The summed E-state index contributed by atoms with van der Waals surface area (Å²) in [6.45, 7) is 2.86. The summed E-state index contributed by atoms with van der Waals surface area (Å²) in [5, 5.41) is 0.606. The van der Waals surface area contributed by atoms with E-state index >= 15 is 0 Å². The Kier molecular flexibility index (Phi) is 4.25. The number of carbonyl (C=O) groups is 2. The molecule has 1 saturated carbocycles. The van der Waals surface area contributed by atoms with Crippen LogP contribution in [-0.4, -0.2) is 50.1 Å². The normalized spacial score (nSPS) is 18.3. The van der Waals surface area contributed by atoms with E-state index in [-0.39, 0.29) is 17.8 Å². The number of rotatable bonds is 3. The van der Waals surface area contributed by atoms with Crippen molar-refractivity contribution in [3.05, 3.63) is 28.8 Å². The first-order valence-corrected chi connectivity index (χ1v) is 7.89. The number of methoxy groups -OCH3 is 1. The topological polar surface area (TPSA) is 49.9 Å². The van der Waals surface area contributed by atoms with Gasteiger partial charge in [0.2, 0.25) is 5.91 Å². The molecular formula is C16H19ClN2O3. The molecule has 5 nitrogen and oxygen atoms in total. The molecule has 1 aromatic rings. The van der Waals surface area contributed by atoms with Gasteiger partial charge in [-0.1, -0.05) is 11.6 Å². The molecule has 2 fully saturated rings. The average molecular weight is 323 g/mol. The molecule has 0 unspecified atom stereocenters. The SMILES string of the molecule is COC(=O)c1ccc(Cl)c(N2CCN(C(=O)C3CC3)CC2)c1. The number of ether oxygens (including phenoxy) is 1. The molecule has 22 heavy (non-hydrogen) atoms. The molecule has 0 radical (unpaired) electrons. The van der Waals surface area contributed by atoms with Gasteiger partial charge in [-0.15, -0.1) is 0 Å².